The summed E-state index contributed by atoms with van der Waals surface area (Å²) in [6.45, 7) is 3.26. The van der Waals surface area contributed by atoms with E-state index in [4.69, 9.17) is 4.74 Å². The number of carbonyl (C=O) groups excluding carboxylic acids is 3. The van der Waals surface area contributed by atoms with Crippen molar-refractivity contribution in [3.8, 4) is 0 Å². The molecule has 1 aliphatic heterocycles. The number of ether oxygens (including phenoxy) is 1. The smallest absolute Gasteiger partial charge is 0.313 e. The second-order valence-electron chi connectivity index (χ2n) is 5.26. The van der Waals surface area contributed by atoms with Crippen LogP contribution in [0.25, 0.3) is 0 Å². The van der Waals surface area contributed by atoms with Gasteiger partial charge in [0.15, 0.2) is 0 Å². The van der Waals surface area contributed by atoms with Crippen molar-refractivity contribution in [2.24, 2.45) is 5.41 Å². The van der Waals surface area contributed by atoms with Gasteiger partial charge < -0.3 is 4.74 Å². The molecule has 20 heavy (non-hydrogen) atoms. The lowest BCUT2D eigenvalue weighted by atomic mass is 9.93. The number of hydrogen-bond acceptors (Lipinski definition) is 4. The monoisotopic (exact) mass is 339 g/mol. The van der Waals surface area contributed by atoms with Crippen LogP contribution in [0.2, 0.25) is 0 Å². The van der Waals surface area contributed by atoms with Gasteiger partial charge in [0.1, 0.15) is 0 Å². The van der Waals surface area contributed by atoms with E-state index in [9.17, 15) is 14.4 Å². The topological polar surface area (TPSA) is 63.7 Å². The number of carbonyl (C=O) groups is 3. The highest BCUT2D eigenvalue weighted by atomic mass is 79.9. The Morgan fingerprint density at radius 1 is 1.25 bits per heavy atom. The Hall–Kier alpha value is -1.69. The number of rotatable bonds is 3. The molecular weight excluding hydrogens is 326 g/mol. The van der Waals surface area contributed by atoms with Crippen molar-refractivity contribution in [1.29, 1.82) is 0 Å². The Kier molecular flexibility index (Phi) is 3.69. The van der Waals surface area contributed by atoms with Crippen LogP contribution in [0.1, 0.15) is 34.6 Å². The molecule has 2 rings (SSSR count). The van der Waals surface area contributed by atoms with Crippen LogP contribution in [-0.4, -0.2) is 36.3 Å². The molecule has 1 aromatic rings. The SMILES string of the molecule is COC(=O)C(C)(C)CN1C(=O)c2ccc(Br)cc2C1=O. The summed E-state index contributed by atoms with van der Waals surface area (Å²) < 4.78 is 5.42. The molecule has 0 fully saturated rings. The van der Waals surface area contributed by atoms with Gasteiger partial charge >= 0.3 is 5.97 Å². The first-order valence-corrected chi connectivity index (χ1v) is 6.81. The van der Waals surface area contributed by atoms with Gasteiger partial charge in [0.25, 0.3) is 11.8 Å². The van der Waals surface area contributed by atoms with Crippen molar-refractivity contribution < 1.29 is 19.1 Å². The van der Waals surface area contributed by atoms with E-state index < -0.39 is 11.4 Å². The van der Waals surface area contributed by atoms with Crippen LogP contribution in [0.5, 0.6) is 0 Å². The summed E-state index contributed by atoms with van der Waals surface area (Å²) in [5.41, 5.74) is -0.233. The number of imide groups is 1. The maximum Gasteiger partial charge on any atom is 0.313 e. The Morgan fingerprint density at radius 2 is 1.85 bits per heavy atom. The minimum atomic E-state index is -0.945. The molecule has 5 nitrogen and oxygen atoms in total. The third-order valence-electron chi connectivity index (χ3n) is 3.22. The van der Waals surface area contributed by atoms with E-state index in [1.54, 1.807) is 32.0 Å². The zero-order chi connectivity index (χ0) is 15.1. The predicted molar refractivity (Wildman–Crippen MR) is 75.3 cm³/mol. The van der Waals surface area contributed by atoms with Crippen molar-refractivity contribution >= 4 is 33.7 Å². The van der Waals surface area contributed by atoms with E-state index in [-0.39, 0.29) is 18.4 Å². The average Bonchev–Trinajstić information content (AvgIpc) is 2.62. The van der Waals surface area contributed by atoms with Crippen LogP contribution in [0.3, 0.4) is 0 Å². The highest BCUT2D eigenvalue weighted by Gasteiger charge is 2.41. The van der Waals surface area contributed by atoms with Crippen LogP contribution < -0.4 is 0 Å². The summed E-state index contributed by atoms with van der Waals surface area (Å²) in [4.78, 5) is 37.3. The lowest BCUT2D eigenvalue weighted by Crippen LogP contribution is -2.42. The standard InChI is InChI=1S/C14H14BrNO4/c1-14(2,13(19)20-3)7-16-11(17)9-5-4-8(15)6-10(9)12(16)18/h4-6H,7H2,1-3H3. The molecule has 6 heteroatoms. The Balaban J connectivity index is 2.32. The summed E-state index contributed by atoms with van der Waals surface area (Å²) in [6, 6.07) is 4.92. The fourth-order valence-corrected chi connectivity index (χ4v) is 2.50. The molecule has 0 saturated heterocycles. The van der Waals surface area contributed by atoms with Crippen molar-refractivity contribution in [1.82, 2.24) is 4.90 Å². The molecule has 106 valence electrons. The first kappa shape index (κ1) is 14.7. The Bertz CT molecular complexity index is 609. The number of nitrogens with zero attached hydrogens (tertiary/aromatic N) is 1. The van der Waals surface area contributed by atoms with E-state index in [0.29, 0.717) is 11.1 Å². The number of esters is 1. The van der Waals surface area contributed by atoms with Gasteiger partial charge in [-0.2, -0.15) is 0 Å². The molecule has 0 N–H and O–H groups in total. The molecule has 0 bridgehead atoms. The number of hydrogen-bond donors (Lipinski definition) is 0. The second kappa shape index (κ2) is 5.01. The molecular formula is C14H14BrNO4. The minimum Gasteiger partial charge on any atom is -0.469 e. The molecule has 0 unspecified atom stereocenters. The molecule has 1 heterocycles. The van der Waals surface area contributed by atoms with Crippen molar-refractivity contribution in [3.05, 3.63) is 33.8 Å². The van der Waals surface area contributed by atoms with Crippen molar-refractivity contribution in [2.75, 3.05) is 13.7 Å². The van der Waals surface area contributed by atoms with Crippen molar-refractivity contribution in [3.63, 3.8) is 0 Å². The second-order valence-corrected chi connectivity index (χ2v) is 6.18. The average molecular weight is 340 g/mol. The zero-order valence-corrected chi connectivity index (χ0v) is 13.0. The number of halogens is 1. The number of benzene rings is 1. The van der Waals surface area contributed by atoms with Crippen LogP contribution in [-0.2, 0) is 9.53 Å². The minimum absolute atomic E-state index is 0.0103. The summed E-state index contributed by atoms with van der Waals surface area (Å²) in [7, 11) is 1.28. The lowest BCUT2D eigenvalue weighted by molar-refractivity contribution is -0.151. The van der Waals surface area contributed by atoms with Gasteiger partial charge in [0.05, 0.1) is 23.7 Å². The van der Waals surface area contributed by atoms with E-state index in [1.165, 1.54) is 7.11 Å². The summed E-state index contributed by atoms with van der Waals surface area (Å²) in [5.74, 6) is -1.23. The van der Waals surface area contributed by atoms with Crippen molar-refractivity contribution in [2.45, 2.75) is 13.8 Å². The first-order valence-electron chi connectivity index (χ1n) is 6.02. The molecule has 2 amide bonds. The third kappa shape index (κ3) is 2.35. The summed E-state index contributed by atoms with van der Waals surface area (Å²) in [6.07, 6.45) is 0. The highest BCUT2D eigenvalue weighted by molar-refractivity contribution is 9.10. The maximum atomic E-state index is 12.3. The molecule has 1 aromatic carbocycles. The maximum absolute atomic E-state index is 12.3. The van der Waals surface area contributed by atoms with E-state index in [2.05, 4.69) is 15.9 Å². The molecule has 1 aliphatic rings. The highest BCUT2D eigenvalue weighted by Crippen LogP contribution is 2.29. The first-order chi connectivity index (χ1) is 9.27. The van der Waals surface area contributed by atoms with E-state index in [0.717, 1.165) is 9.37 Å². The Labute approximate surface area is 125 Å². The molecule has 0 atom stereocenters. The molecule has 0 radical (unpaired) electrons. The van der Waals surface area contributed by atoms with E-state index >= 15 is 0 Å². The van der Waals surface area contributed by atoms with Gasteiger partial charge in [-0.3, -0.25) is 19.3 Å². The lowest BCUT2D eigenvalue weighted by Gasteiger charge is -2.26. The third-order valence-corrected chi connectivity index (χ3v) is 3.72. The fourth-order valence-electron chi connectivity index (χ4n) is 2.14. The van der Waals surface area contributed by atoms with Gasteiger partial charge in [0.2, 0.25) is 0 Å². The van der Waals surface area contributed by atoms with Gasteiger partial charge in [-0.1, -0.05) is 15.9 Å². The zero-order valence-electron chi connectivity index (χ0n) is 11.4. The van der Waals surface area contributed by atoms with Crippen LogP contribution in [0, 0.1) is 5.41 Å². The van der Waals surface area contributed by atoms with Gasteiger partial charge in [0, 0.05) is 11.0 Å². The van der Waals surface area contributed by atoms with Gasteiger partial charge in [-0.15, -0.1) is 0 Å². The van der Waals surface area contributed by atoms with Crippen LogP contribution in [0.15, 0.2) is 22.7 Å². The summed E-state index contributed by atoms with van der Waals surface area (Å²) in [5, 5.41) is 0. The fraction of sp³-hybridized carbons (Fsp3) is 0.357. The number of fused-ring (bicyclic) bond motifs is 1. The Morgan fingerprint density at radius 3 is 2.45 bits per heavy atom. The van der Waals surface area contributed by atoms with Crippen LogP contribution in [0.4, 0.5) is 0 Å². The molecule has 0 saturated carbocycles. The molecule has 0 spiro atoms. The predicted octanol–water partition coefficient (Wildman–Crippen LogP) is 2.24. The van der Waals surface area contributed by atoms with E-state index in [1.807, 2.05) is 0 Å². The molecule has 0 aromatic heterocycles. The van der Waals surface area contributed by atoms with Crippen LogP contribution >= 0.6 is 15.9 Å². The van der Waals surface area contributed by atoms with Gasteiger partial charge in [-0.25, -0.2) is 0 Å². The number of amides is 2. The quantitative estimate of drug-likeness (QED) is 0.625. The summed E-state index contributed by atoms with van der Waals surface area (Å²) >= 11 is 3.27. The molecule has 0 aliphatic carbocycles. The normalized spacial score (nSPS) is 14.5. The number of methoxy groups -OCH3 is 1. The largest absolute Gasteiger partial charge is 0.469 e. The van der Waals surface area contributed by atoms with Gasteiger partial charge in [-0.05, 0) is 32.0 Å².